The number of rotatable bonds is 8. The molecule has 0 saturated heterocycles. The highest BCUT2D eigenvalue weighted by atomic mass is 35.5. The van der Waals surface area contributed by atoms with E-state index in [1.54, 1.807) is 13.2 Å². The van der Waals surface area contributed by atoms with Gasteiger partial charge in [-0.3, -0.25) is 4.79 Å². The van der Waals surface area contributed by atoms with E-state index in [-0.39, 0.29) is 5.76 Å². The maximum atomic E-state index is 12.5. The Labute approximate surface area is 190 Å². The van der Waals surface area contributed by atoms with Crippen molar-refractivity contribution in [2.45, 2.75) is 20.4 Å². The molecule has 0 fully saturated rings. The Morgan fingerprint density at radius 1 is 1.25 bits per heavy atom. The summed E-state index contributed by atoms with van der Waals surface area (Å²) in [5.41, 5.74) is 5.87. The molecule has 1 N–H and O–H groups in total. The fraction of sp³-hybridized carbons (Fsp3) is 0.250. The standard InChI is InChI=1S/C24H24ClN3O4/c1-4-31-10-9-28-20-7-6-17(30-3)13-18(20)19(23(28)25)14-26-27-24(29)22-12-16-11-15(2)5-8-21(16)32-22/h5-8,11-14H,4,9-10H2,1-3H3,(H,27,29)/b26-14+. The lowest BCUT2D eigenvalue weighted by atomic mass is 10.2. The molecular formula is C24H24ClN3O4. The highest BCUT2D eigenvalue weighted by Gasteiger charge is 2.16. The van der Waals surface area contributed by atoms with Gasteiger partial charge in [0.05, 0.1) is 25.4 Å². The largest absolute Gasteiger partial charge is 0.497 e. The number of aryl methyl sites for hydroxylation is 1. The van der Waals surface area contributed by atoms with Crippen LogP contribution in [0.15, 0.2) is 52.0 Å². The molecule has 0 radical (unpaired) electrons. The van der Waals surface area contributed by atoms with Gasteiger partial charge in [0.1, 0.15) is 16.5 Å². The molecule has 8 heteroatoms. The van der Waals surface area contributed by atoms with Crippen molar-refractivity contribution in [2.75, 3.05) is 20.3 Å². The van der Waals surface area contributed by atoms with Gasteiger partial charge < -0.3 is 18.5 Å². The van der Waals surface area contributed by atoms with Crippen molar-refractivity contribution in [1.82, 2.24) is 9.99 Å². The van der Waals surface area contributed by atoms with E-state index in [1.165, 1.54) is 6.21 Å². The van der Waals surface area contributed by atoms with Gasteiger partial charge in [-0.05, 0) is 50.2 Å². The van der Waals surface area contributed by atoms with E-state index < -0.39 is 5.91 Å². The van der Waals surface area contributed by atoms with E-state index in [1.807, 2.05) is 54.8 Å². The van der Waals surface area contributed by atoms with Gasteiger partial charge in [0, 0.05) is 29.5 Å². The molecule has 0 aliphatic heterocycles. The van der Waals surface area contributed by atoms with E-state index in [0.29, 0.717) is 41.8 Å². The zero-order chi connectivity index (χ0) is 22.7. The van der Waals surface area contributed by atoms with Crippen LogP contribution in [0.25, 0.3) is 21.9 Å². The van der Waals surface area contributed by atoms with Gasteiger partial charge in [-0.1, -0.05) is 23.2 Å². The van der Waals surface area contributed by atoms with Crippen molar-refractivity contribution in [1.29, 1.82) is 0 Å². The topological polar surface area (TPSA) is 78.0 Å². The normalized spacial score (nSPS) is 11.6. The van der Waals surface area contributed by atoms with Gasteiger partial charge in [0.15, 0.2) is 5.76 Å². The lowest BCUT2D eigenvalue weighted by molar-refractivity contribution is 0.0929. The van der Waals surface area contributed by atoms with Gasteiger partial charge in [-0.2, -0.15) is 5.10 Å². The molecule has 1 amide bonds. The summed E-state index contributed by atoms with van der Waals surface area (Å²) in [4.78, 5) is 12.5. The van der Waals surface area contributed by atoms with Crippen LogP contribution in [0.1, 0.15) is 28.6 Å². The Bertz CT molecular complexity index is 1310. The van der Waals surface area contributed by atoms with Gasteiger partial charge in [0.2, 0.25) is 0 Å². The first-order valence-electron chi connectivity index (χ1n) is 10.3. The fourth-order valence-corrected chi connectivity index (χ4v) is 3.91. The van der Waals surface area contributed by atoms with Gasteiger partial charge in [-0.15, -0.1) is 0 Å². The third kappa shape index (κ3) is 4.35. The number of hydrogen-bond acceptors (Lipinski definition) is 5. The first-order chi connectivity index (χ1) is 15.5. The zero-order valence-corrected chi connectivity index (χ0v) is 18.9. The van der Waals surface area contributed by atoms with Crippen LogP contribution < -0.4 is 10.2 Å². The fourth-order valence-electron chi connectivity index (χ4n) is 3.58. The number of carbonyl (C=O) groups excluding carboxylic acids is 1. The number of hydrazone groups is 1. The first kappa shape index (κ1) is 21.9. The highest BCUT2D eigenvalue weighted by molar-refractivity contribution is 6.34. The number of nitrogens with one attached hydrogen (secondary N) is 1. The Morgan fingerprint density at radius 3 is 2.88 bits per heavy atom. The minimum atomic E-state index is -0.441. The number of halogens is 1. The monoisotopic (exact) mass is 453 g/mol. The molecule has 0 unspecified atom stereocenters. The Balaban J connectivity index is 1.60. The van der Waals surface area contributed by atoms with Crippen LogP contribution in [-0.4, -0.2) is 37.0 Å². The molecule has 4 aromatic rings. The quantitative estimate of drug-likeness (QED) is 0.227. The van der Waals surface area contributed by atoms with Gasteiger partial charge in [0.25, 0.3) is 0 Å². The summed E-state index contributed by atoms with van der Waals surface area (Å²) in [5, 5.41) is 6.36. The van der Waals surface area contributed by atoms with Crippen molar-refractivity contribution < 1.29 is 18.7 Å². The Morgan fingerprint density at radius 2 is 2.09 bits per heavy atom. The van der Waals surface area contributed by atoms with Crippen LogP contribution in [0.4, 0.5) is 0 Å². The Kier molecular flexibility index (Phi) is 6.48. The van der Waals surface area contributed by atoms with E-state index >= 15 is 0 Å². The predicted molar refractivity (Wildman–Crippen MR) is 126 cm³/mol. The Hall–Kier alpha value is -3.29. The summed E-state index contributed by atoms with van der Waals surface area (Å²) in [6, 6.07) is 13.1. The molecule has 7 nitrogen and oxygen atoms in total. The number of furan rings is 1. The summed E-state index contributed by atoms with van der Waals surface area (Å²) >= 11 is 6.67. The van der Waals surface area contributed by atoms with Crippen LogP contribution in [0, 0.1) is 6.92 Å². The minimum absolute atomic E-state index is 0.189. The lowest BCUT2D eigenvalue weighted by Crippen LogP contribution is -2.16. The summed E-state index contributed by atoms with van der Waals surface area (Å²) in [5.74, 6) is 0.450. The maximum absolute atomic E-state index is 12.5. The number of aromatic nitrogens is 1. The number of nitrogens with zero attached hydrogens (tertiary/aromatic N) is 2. The van der Waals surface area contributed by atoms with E-state index in [0.717, 1.165) is 21.9 Å². The summed E-state index contributed by atoms with van der Waals surface area (Å²) in [7, 11) is 1.61. The number of amides is 1. The molecule has 2 aromatic heterocycles. The molecule has 0 bridgehead atoms. The van der Waals surface area contributed by atoms with Crippen molar-refractivity contribution in [3.63, 3.8) is 0 Å². The highest BCUT2D eigenvalue weighted by Crippen LogP contribution is 2.31. The molecule has 2 heterocycles. The number of fused-ring (bicyclic) bond motifs is 2. The smallest absolute Gasteiger partial charge is 0.307 e. The van der Waals surface area contributed by atoms with E-state index in [2.05, 4.69) is 10.5 Å². The van der Waals surface area contributed by atoms with Crippen molar-refractivity contribution >= 4 is 45.6 Å². The van der Waals surface area contributed by atoms with Crippen molar-refractivity contribution in [2.24, 2.45) is 5.10 Å². The molecule has 4 rings (SSSR count). The van der Waals surface area contributed by atoms with Gasteiger partial charge >= 0.3 is 5.91 Å². The second-order valence-corrected chi connectivity index (χ2v) is 7.65. The number of carbonyl (C=O) groups is 1. The van der Waals surface area contributed by atoms with Crippen molar-refractivity contribution in [3.8, 4) is 5.75 Å². The van der Waals surface area contributed by atoms with Crippen LogP contribution in [0.3, 0.4) is 0 Å². The molecular weight excluding hydrogens is 430 g/mol. The summed E-state index contributed by atoms with van der Waals surface area (Å²) in [6.07, 6.45) is 1.53. The summed E-state index contributed by atoms with van der Waals surface area (Å²) in [6.45, 7) is 5.69. The number of benzene rings is 2. The predicted octanol–water partition coefficient (Wildman–Crippen LogP) is 5.16. The SMILES string of the molecule is CCOCCn1c(Cl)c(/C=N/NC(=O)c2cc3cc(C)ccc3o2)c2cc(OC)ccc21. The minimum Gasteiger partial charge on any atom is -0.497 e. The second kappa shape index (κ2) is 9.46. The van der Waals surface area contributed by atoms with Crippen molar-refractivity contribution in [3.05, 3.63) is 64.5 Å². The van der Waals surface area contributed by atoms with Crippen LogP contribution in [0.2, 0.25) is 5.15 Å². The lowest BCUT2D eigenvalue weighted by Gasteiger charge is -2.07. The van der Waals surface area contributed by atoms with E-state index in [4.69, 9.17) is 25.5 Å². The molecule has 0 saturated carbocycles. The average molecular weight is 454 g/mol. The molecule has 0 aliphatic carbocycles. The summed E-state index contributed by atoms with van der Waals surface area (Å²) < 4.78 is 18.4. The molecule has 0 aliphatic rings. The third-order valence-corrected chi connectivity index (χ3v) is 5.57. The second-order valence-electron chi connectivity index (χ2n) is 7.29. The molecule has 0 atom stereocenters. The average Bonchev–Trinajstić information content (AvgIpc) is 3.32. The molecule has 2 aromatic carbocycles. The number of ether oxygens (including phenoxy) is 2. The van der Waals surface area contributed by atoms with Crippen LogP contribution in [-0.2, 0) is 11.3 Å². The first-order valence-corrected chi connectivity index (χ1v) is 10.7. The van der Waals surface area contributed by atoms with Crippen LogP contribution >= 0.6 is 11.6 Å². The zero-order valence-electron chi connectivity index (χ0n) is 18.1. The molecule has 32 heavy (non-hydrogen) atoms. The third-order valence-electron chi connectivity index (χ3n) is 5.16. The number of hydrogen-bond donors (Lipinski definition) is 1. The maximum Gasteiger partial charge on any atom is 0.307 e. The van der Waals surface area contributed by atoms with Crippen LogP contribution in [0.5, 0.6) is 5.75 Å². The van der Waals surface area contributed by atoms with Gasteiger partial charge in [-0.25, -0.2) is 5.43 Å². The molecule has 166 valence electrons. The number of methoxy groups -OCH3 is 1. The molecule has 0 spiro atoms. The van der Waals surface area contributed by atoms with E-state index in [9.17, 15) is 4.79 Å².